The lowest BCUT2D eigenvalue weighted by atomic mass is 9.45. The molecule has 0 aromatic carbocycles. The highest BCUT2D eigenvalue weighted by Crippen LogP contribution is 2.65. The summed E-state index contributed by atoms with van der Waals surface area (Å²) in [5, 5.41) is 0. The van der Waals surface area contributed by atoms with Crippen LogP contribution in [0.4, 0.5) is 22.0 Å². The van der Waals surface area contributed by atoms with E-state index in [1.165, 1.54) is 0 Å². The first-order chi connectivity index (χ1) is 13.8. The summed E-state index contributed by atoms with van der Waals surface area (Å²) < 4.78 is 68.5. The van der Waals surface area contributed by atoms with Crippen molar-refractivity contribution in [3.8, 4) is 0 Å². The largest absolute Gasteiger partial charge is 0.465 e. The van der Waals surface area contributed by atoms with Crippen LogP contribution in [0.15, 0.2) is 0 Å². The molecule has 0 amide bonds. The molecule has 4 saturated carbocycles. The van der Waals surface area contributed by atoms with Crippen molar-refractivity contribution in [2.75, 3.05) is 0 Å². The Balaban J connectivity index is 1.45. The molecule has 0 N–H and O–H groups in total. The Bertz CT molecular complexity index is 735. The van der Waals surface area contributed by atoms with Gasteiger partial charge in [-0.1, -0.05) is 13.8 Å². The monoisotopic (exact) mass is 436 g/mol. The molecule has 170 valence electrons. The minimum absolute atomic E-state index is 0.0503. The van der Waals surface area contributed by atoms with E-state index in [9.17, 15) is 31.5 Å². The van der Waals surface area contributed by atoms with E-state index >= 15 is 0 Å². The van der Waals surface area contributed by atoms with Gasteiger partial charge in [0, 0.05) is 11.8 Å². The second-order valence-electron chi connectivity index (χ2n) is 10.4. The molecule has 3 nitrogen and oxygen atoms in total. The minimum Gasteiger partial charge on any atom is -0.458 e. The highest BCUT2D eigenvalue weighted by Gasteiger charge is 2.66. The molecule has 0 saturated heterocycles. The van der Waals surface area contributed by atoms with E-state index in [2.05, 4.69) is 18.6 Å². The summed E-state index contributed by atoms with van der Waals surface area (Å²) in [6.07, 6.45) is -0.382. The summed E-state index contributed by atoms with van der Waals surface area (Å²) in [5.41, 5.74) is -0.272. The Hall–Kier alpha value is -1.21. The molecular weight excluding hydrogens is 407 g/mol. The number of hydrogen-bond donors (Lipinski definition) is 0. The molecule has 0 spiro atoms. The molecule has 4 fully saturated rings. The highest BCUT2D eigenvalue weighted by molar-refractivity contribution is 5.87. The Kier molecular flexibility index (Phi) is 5.06. The van der Waals surface area contributed by atoms with E-state index in [1.54, 1.807) is 0 Å². The van der Waals surface area contributed by atoms with Crippen molar-refractivity contribution < 1.29 is 36.3 Å². The van der Waals surface area contributed by atoms with Crippen molar-refractivity contribution in [1.29, 1.82) is 0 Å². The van der Waals surface area contributed by atoms with Gasteiger partial charge in [-0.15, -0.1) is 0 Å². The lowest BCUT2D eigenvalue weighted by Crippen LogP contribution is -2.54. The molecular formula is C22H29F5O3. The number of rotatable bonds is 2. The average molecular weight is 436 g/mol. The minimum atomic E-state index is -5.95. The molecule has 0 bridgehead atoms. The van der Waals surface area contributed by atoms with Gasteiger partial charge in [0.15, 0.2) is 0 Å². The molecule has 0 aliphatic heterocycles. The lowest BCUT2D eigenvalue weighted by molar-refractivity contribution is -0.283. The average Bonchev–Trinajstić information content (AvgIpc) is 2.96. The van der Waals surface area contributed by atoms with Crippen LogP contribution in [0.1, 0.15) is 71.6 Å². The van der Waals surface area contributed by atoms with Gasteiger partial charge in [-0.2, -0.15) is 22.0 Å². The van der Waals surface area contributed by atoms with Crippen molar-refractivity contribution in [3.05, 3.63) is 0 Å². The van der Waals surface area contributed by atoms with Gasteiger partial charge in [-0.3, -0.25) is 4.79 Å². The van der Waals surface area contributed by atoms with Crippen LogP contribution in [0.2, 0.25) is 0 Å². The molecule has 30 heavy (non-hydrogen) atoms. The fourth-order valence-corrected chi connectivity index (χ4v) is 7.44. The first-order valence-electron chi connectivity index (χ1n) is 11.0. The van der Waals surface area contributed by atoms with Crippen LogP contribution >= 0.6 is 0 Å². The smallest absolute Gasteiger partial charge is 0.458 e. The van der Waals surface area contributed by atoms with Gasteiger partial charge in [0.2, 0.25) is 0 Å². The second-order valence-corrected chi connectivity index (χ2v) is 10.4. The SMILES string of the molecule is CC12CCC3C(CCC4CC(OC(=O)C(F)(F)C(F)(F)F)CCC43C)C1CCC2=O. The van der Waals surface area contributed by atoms with Crippen LogP contribution in [0, 0.1) is 34.5 Å². The number of ether oxygens (including phenoxy) is 1. The van der Waals surface area contributed by atoms with Gasteiger partial charge in [-0.25, -0.2) is 4.79 Å². The molecule has 8 heteroatoms. The zero-order chi connectivity index (χ0) is 22.1. The van der Waals surface area contributed by atoms with Crippen LogP contribution in [0.5, 0.6) is 0 Å². The van der Waals surface area contributed by atoms with Crippen molar-refractivity contribution >= 4 is 11.8 Å². The third-order valence-corrected chi connectivity index (χ3v) is 9.21. The van der Waals surface area contributed by atoms with Crippen LogP contribution in [-0.4, -0.2) is 30.0 Å². The van der Waals surface area contributed by atoms with E-state index in [0.29, 0.717) is 49.2 Å². The predicted molar refractivity (Wildman–Crippen MR) is 97.6 cm³/mol. The van der Waals surface area contributed by atoms with Crippen LogP contribution in [0.25, 0.3) is 0 Å². The van der Waals surface area contributed by atoms with Crippen LogP contribution in [0.3, 0.4) is 0 Å². The van der Waals surface area contributed by atoms with Gasteiger partial charge >= 0.3 is 18.1 Å². The maximum Gasteiger partial charge on any atom is 0.465 e. The lowest BCUT2D eigenvalue weighted by Gasteiger charge is -2.60. The summed E-state index contributed by atoms with van der Waals surface area (Å²) in [6, 6.07) is 0. The standard InChI is InChI=1S/C22H29F5O3/c1-19-9-7-13(30-18(29)21(23,24)22(25,26)27)11-12(19)3-4-14-15-5-6-17(28)20(15,2)10-8-16(14)19/h12-16H,3-11H2,1-2H3. The number of carbonyl (C=O) groups is 2. The van der Waals surface area contributed by atoms with E-state index in [4.69, 9.17) is 0 Å². The van der Waals surface area contributed by atoms with Gasteiger partial charge in [0.25, 0.3) is 0 Å². The third kappa shape index (κ3) is 3.10. The molecule has 0 aromatic heterocycles. The second kappa shape index (κ2) is 6.89. The fraction of sp³-hybridized carbons (Fsp3) is 0.909. The Morgan fingerprint density at radius 2 is 1.67 bits per heavy atom. The number of ketones is 1. The van der Waals surface area contributed by atoms with Crippen molar-refractivity contribution in [1.82, 2.24) is 0 Å². The molecule has 4 aliphatic rings. The van der Waals surface area contributed by atoms with Gasteiger partial charge in [-0.05, 0) is 80.5 Å². The fourth-order valence-electron chi connectivity index (χ4n) is 7.44. The topological polar surface area (TPSA) is 43.4 Å². The molecule has 4 rings (SSSR count). The Morgan fingerprint density at radius 3 is 2.33 bits per heavy atom. The maximum absolute atomic E-state index is 13.3. The molecule has 7 unspecified atom stereocenters. The summed E-state index contributed by atoms with van der Waals surface area (Å²) in [7, 11) is 0. The van der Waals surface area contributed by atoms with E-state index in [0.717, 1.165) is 32.1 Å². The number of fused-ring (bicyclic) bond motifs is 5. The number of alkyl halides is 5. The van der Waals surface area contributed by atoms with E-state index in [-0.39, 0.29) is 16.7 Å². The number of Topliss-reactive ketones (excluding diaryl/α,β-unsaturated/α-hetero) is 1. The quantitative estimate of drug-likeness (QED) is 0.412. The third-order valence-electron chi connectivity index (χ3n) is 9.21. The first kappa shape index (κ1) is 22.0. The molecule has 0 aromatic rings. The Labute approximate surface area is 173 Å². The van der Waals surface area contributed by atoms with E-state index < -0.39 is 24.2 Å². The summed E-state index contributed by atoms with van der Waals surface area (Å²) in [6.45, 7) is 4.31. The normalized spacial score (nSPS) is 44.1. The number of esters is 1. The maximum atomic E-state index is 13.3. The summed E-state index contributed by atoms with van der Waals surface area (Å²) >= 11 is 0. The first-order valence-corrected chi connectivity index (χ1v) is 11.0. The van der Waals surface area contributed by atoms with Crippen molar-refractivity contribution in [2.24, 2.45) is 34.5 Å². The van der Waals surface area contributed by atoms with Crippen molar-refractivity contribution in [2.45, 2.75) is 89.8 Å². The summed E-state index contributed by atoms with van der Waals surface area (Å²) in [4.78, 5) is 24.0. The van der Waals surface area contributed by atoms with Crippen molar-refractivity contribution in [3.63, 3.8) is 0 Å². The molecule has 0 radical (unpaired) electrons. The number of halogens is 5. The number of hydrogen-bond acceptors (Lipinski definition) is 3. The summed E-state index contributed by atoms with van der Waals surface area (Å²) in [5.74, 6) is -6.18. The number of carbonyl (C=O) groups excluding carboxylic acids is 2. The van der Waals surface area contributed by atoms with Gasteiger partial charge < -0.3 is 4.74 Å². The molecule has 7 atom stereocenters. The van der Waals surface area contributed by atoms with E-state index in [1.807, 2.05) is 0 Å². The van der Waals surface area contributed by atoms with Crippen LogP contribution in [-0.2, 0) is 14.3 Å². The Morgan fingerprint density at radius 1 is 0.967 bits per heavy atom. The molecule has 0 heterocycles. The zero-order valence-corrected chi connectivity index (χ0v) is 17.4. The van der Waals surface area contributed by atoms with Crippen LogP contribution < -0.4 is 0 Å². The van der Waals surface area contributed by atoms with Gasteiger partial charge in [0.1, 0.15) is 11.9 Å². The predicted octanol–water partition coefficient (Wildman–Crippen LogP) is 5.71. The zero-order valence-electron chi connectivity index (χ0n) is 17.4. The highest BCUT2D eigenvalue weighted by atomic mass is 19.4. The van der Waals surface area contributed by atoms with Gasteiger partial charge in [0.05, 0.1) is 0 Å². The molecule has 4 aliphatic carbocycles.